The fourth-order valence-electron chi connectivity index (χ4n) is 3.26. The van der Waals surface area contributed by atoms with Crippen molar-refractivity contribution in [2.75, 3.05) is 5.32 Å². The number of tetrazole rings is 1. The maximum absolute atomic E-state index is 12.9. The maximum Gasteiger partial charge on any atom is 0.416 e. The van der Waals surface area contributed by atoms with Crippen LogP contribution in [0.25, 0.3) is 11.4 Å². The smallest absolute Gasteiger partial charge is 0.324 e. The number of para-hydroxylation sites is 1. The number of halogens is 3. The lowest BCUT2D eigenvalue weighted by Gasteiger charge is -2.20. The summed E-state index contributed by atoms with van der Waals surface area (Å²) in [4.78, 5) is 13.7. The summed E-state index contributed by atoms with van der Waals surface area (Å²) in [6.07, 6.45) is -4.47. The maximum atomic E-state index is 12.9. The van der Waals surface area contributed by atoms with Crippen molar-refractivity contribution >= 4 is 11.6 Å². The first kappa shape index (κ1) is 22.5. The molecule has 164 valence electrons. The summed E-state index contributed by atoms with van der Waals surface area (Å²) in [5.41, 5.74) is 2.20. The van der Waals surface area contributed by atoms with Crippen molar-refractivity contribution in [1.82, 2.24) is 20.2 Å². The van der Waals surface area contributed by atoms with Gasteiger partial charge in [0.15, 0.2) is 0 Å². The summed E-state index contributed by atoms with van der Waals surface area (Å²) < 4.78 is 38.8. The van der Waals surface area contributed by atoms with Crippen molar-refractivity contribution in [2.45, 2.75) is 52.3 Å². The van der Waals surface area contributed by atoms with Crippen LogP contribution in [0.15, 0.2) is 42.5 Å². The lowest BCUT2D eigenvalue weighted by atomic mass is 9.92. The van der Waals surface area contributed by atoms with E-state index in [1.165, 1.54) is 12.1 Å². The summed E-state index contributed by atoms with van der Waals surface area (Å²) in [6, 6.07) is 10.6. The van der Waals surface area contributed by atoms with Crippen LogP contribution in [-0.2, 0) is 17.5 Å². The fraction of sp³-hybridized carbons (Fsp3) is 0.364. The standard InChI is InChI=1S/C22H24F3N5O/c1-13(2)17-9-6-10-18(14(3)4)20(17)26-19(31)12-30-28-21(27-29-30)15-7-5-8-16(11-15)22(23,24)25/h5-11,13-14H,12H2,1-4H3,(H,26,31). The van der Waals surface area contributed by atoms with Gasteiger partial charge in [-0.25, -0.2) is 0 Å². The third-order valence-corrected chi connectivity index (χ3v) is 4.82. The highest BCUT2D eigenvalue weighted by molar-refractivity contribution is 5.92. The molecule has 31 heavy (non-hydrogen) atoms. The van der Waals surface area contributed by atoms with Gasteiger partial charge in [0.2, 0.25) is 11.7 Å². The molecule has 6 nitrogen and oxygen atoms in total. The molecule has 0 fully saturated rings. The molecule has 1 heterocycles. The van der Waals surface area contributed by atoms with Gasteiger partial charge in [-0.1, -0.05) is 58.0 Å². The molecule has 0 aliphatic rings. The SMILES string of the molecule is CC(C)c1cccc(C(C)C)c1NC(=O)Cn1nnc(-c2cccc(C(F)(F)F)c2)n1. The van der Waals surface area contributed by atoms with Gasteiger partial charge in [-0.05, 0) is 40.3 Å². The number of nitrogens with one attached hydrogen (secondary N) is 1. The summed E-state index contributed by atoms with van der Waals surface area (Å²) in [5, 5.41) is 14.6. The Labute approximate surface area is 178 Å². The van der Waals surface area contributed by atoms with Crippen LogP contribution in [0.1, 0.15) is 56.2 Å². The Hall–Kier alpha value is -3.23. The van der Waals surface area contributed by atoms with Crippen molar-refractivity contribution in [3.05, 3.63) is 59.2 Å². The third-order valence-electron chi connectivity index (χ3n) is 4.82. The summed E-state index contributed by atoms with van der Waals surface area (Å²) in [7, 11) is 0. The minimum Gasteiger partial charge on any atom is -0.324 e. The van der Waals surface area contributed by atoms with E-state index in [-0.39, 0.29) is 35.7 Å². The predicted octanol–water partition coefficient (Wildman–Crippen LogP) is 5.24. The van der Waals surface area contributed by atoms with E-state index in [9.17, 15) is 18.0 Å². The molecule has 3 rings (SSSR count). The van der Waals surface area contributed by atoms with E-state index in [4.69, 9.17) is 0 Å². The van der Waals surface area contributed by atoms with Crippen LogP contribution in [0.3, 0.4) is 0 Å². The second-order valence-electron chi connectivity index (χ2n) is 7.89. The van der Waals surface area contributed by atoms with Gasteiger partial charge >= 0.3 is 6.18 Å². The molecule has 0 unspecified atom stereocenters. The zero-order valence-corrected chi connectivity index (χ0v) is 17.7. The lowest BCUT2D eigenvalue weighted by Crippen LogP contribution is -2.22. The van der Waals surface area contributed by atoms with Gasteiger partial charge in [-0.2, -0.15) is 18.0 Å². The van der Waals surface area contributed by atoms with Gasteiger partial charge in [0.25, 0.3) is 0 Å². The Morgan fingerprint density at radius 3 is 2.23 bits per heavy atom. The molecule has 0 bridgehead atoms. The van der Waals surface area contributed by atoms with Crippen LogP contribution in [-0.4, -0.2) is 26.1 Å². The van der Waals surface area contributed by atoms with E-state index in [1.54, 1.807) is 0 Å². The van der Waals surface area contributed by atoms with Gasteiger partial charge in [-0.15, -0.1) is 10.2 Å². The molecular formula is C22H24F3N5O. The molecule has 0 radical (unpaired) electrons. The highest BCUT2D eigenvalue weighted by atomic mass is 19.4. The summed E-state index contributed by atoms with van der Waals surface area (Å²) in [5.74, 6) is 0.101. The van der Waals surface area contributed by atoms with E-state index in [0.717, 1.165) is 33.7 Å². The highest BCUT2D eigenvalue weighted by Gasteiger charge is 2.30. The Morgan fingerprint density at radius 1 is 1.03 bits per heavy atom. The number of carbonyl (C=O) groups excluding carboxylic acids is 1. The molecule has 0 aliphatic carbocycles. The number of carbonyl (C=O) groups is 1. The second-order valence-corrected chi connectivity index (χ2v) is 7.89. The van der Waals surface area contributed by atoms with Crippen molar-refractivity contribution in [2.24, 2.45) is 0 Å². The largest absolute Gasteiger partial charge is 0.416 e. The average Bonchev–Trinajstić information content (AvgIpc) is 3.15. The van der Waals surface area contributed by atoms with Gasteiger partial charge in [0, 0.05) is 11.3 Å². The third kappa shape index (κ3) is 5.28. The highest BCUT2D eigenvalue weighted by Crippen LogP contribution is 2.33. The Morgan fingerprint density at radius 2 is 1.65 bits per heavy atom. The van der Waals surface area contributed by atoms with E-state index >= 15 is 0 Å². The van der Waals surface area contributed by atoms with E-state index in [2.05, 4.69) is 48.4 Å². The number of aromatic nitrogens is 4. The number of hydrogen-bond acceptors (Lipinski definition) is 4. The first-order chi connectivity index (χ1) is 14.6. The summed E-state index contributed by atoms with van der Waals surface area (Å²) in [6.45, 7) is 7.99. The second kappa shape index (κ2) is 8.87. The molecule has 0 spiro atoms. The average molecular weight is 431 g/mol. The molecule has 3 aromatic rings. The topological polar surface area (TPSA) is 72.7 Å². The van der Waals surface area contributed by atoms with E-state index < -0.39 is 11.7 Å². The molecule has 1 aromatic heterocycles. The van der Waals surface area contributed by atoms with Crippen molar-refractivity contribution in [3.63, 3.8) is 0 Å². The molecule has 9 heteroatoms. The van der Waals surface area contributed by atoms with Crippen LogP contribution < -0.4 is 5.32 Å². The zero-order valence-electron chi connectivity index (χ0n) is 17.7. The van der Waals surface area contributed by atoms with Gasteiger partial charge < -0.3 is 5.32 Å². The van der Waals surface area contributed by atoms with Crippen LogP contribution in [0, 0.1) is 0 Å². The van der Waals surface area contributed by atoms with Crippen LogP contribution >= 0.6 is 0 Å². The Kier molecular flexibility index (Phi) is 6.42. The number of rotatable bonds is 6. The molecule has 1 N–H and O–H groups in total. The minimum atomic E-state index is -4.47. The number of benzene rings is 2. The predicted molar refractivity (Wildman–Crippen MR) is 112 cm³/mol. The molecule has 0 saturated carbocycles. The number of anilines is 1. The van der Waals surface area contributed by atoms with E-state index in [0.29, 0.717) is 0 Å². The van der Waals surface area contributed by atoms with Crippen LogP contribution in [0.5, 0.6) is 0 Å². The number of hydrogen-bond donors (Lipinski definition) is 1. The fourth-order valence-corrected chi connectivity index (χ4v) is 3.26. The van der Waals surface area contributed by atoms with Crippen molar-refractivity contribution in [1.29, 1.82) is 0 Å². The zero-order chi connectivity index (χ0) is 22.8. The van der Waals surface area contributed by atoms with Crippen molar-refractivity contribution < 1.29 is 18.0 Å². The quantitative estimate of drug-likeness (QED) is 0.579. The minimum absolute atomic E-state index is 0.0179. The normalized spacial score (nSPS) is 11.9. The van der Waals surface area contributed by atoms with Crippen LogP contribution in [0.4, 0.5) is 18.9 Å². The first-order valence-electron chi connectivity index (χ1n) is 9.94. The lowest BCUT2D eigenvalue weighted by molar-refractivity contribution is -0.137. The number of alkyl halides is 3. The van der Waals surface area contributed by atoms with Gasteiger partial charge in [0.05, 0.1) is 5.56 Å². The molecule has 2 aromatic carbocycles. The summed E-state index contributed by atoms with van der Waals surface area (Å²) >= 11 is 0. The molecule has 0 saturated heterocycles. The molecular weight excluding hydrogens is 407 g/mol. The van der Waals surface area contributed by atoms with Gasteiger partial charge in [-0.3, -0.25) is 4.79 Å². The van der Waals surface area contributed by atoms with Gasteiger partial charge in [0.1, 0.15) is 6.54 Å². The van der Waals surface area contributed by atoms with E-state index in [1.807, 2.05) is 18.2 Å². The number of amides is 1. The van der Waals surface area contributed by atoms with Crippen molar-refractivity contribution in [3.8, 4) is 11.4 Å². The number of nitrogens with zero attached hydrogens (tertiary/aromatic N) is 4. The monoisotopic (exact) mass is 431 g/mol. The van der Waals surface area contributed by atoms with Crippen LogP contribution in [0.2, 0.25) is 0 Å². The Balaban J connectivity index is 1.79. The molecule has 1 amide bonds. The Bertz CT molecular complexity index is 1050. The molecule has 0 aliphatic heterocycles. The first-order valence-corrected chi connectivity index (χ1v) is 9.94. The molecule has 0 atom stereocenters.